The molecule has 160 valence electrons. The van der Waals surface area contributed by atoms with Gasteiger partial charge in [-0.15, -0.1) is 11.8 Å². The Balaban J connectivity index is 1.70. The number of thioether (sulfide) groups is 1. The van der Waals surface area contributed by atoms with E-state index >= 15 is 0 Å². The molecule has 0 radical (unpaired) electrons. The summed E-state index contributed by atoms with van der Waals surface area (Å²) in [5.41, 5.74) is 0.950. The lowest BCUT2D eigenvalue weighted by molar-refractivity contribution is 0.0318. The summed E-state index contributed by atoms with van der Waals surface area (Å²) in [5.74, 6) is 0.482. The van der Waals surface area contributed by atoms with Crippen LogP contribution in [0.1, 0.15) is 5.69 Å². The maximum Gasteiger partial charge on any atom is 0.218 e. The van der Waals surface area contributed by atoms with Gasteiger partial charge < -0.3 is 9.47 Å². The molecule has 0 N–H and O–H groups in total. The number of morpholine rings is 1. The van der Waals surface area contributed by atoms with Crippen molar-refractivity contribution in [3.8, 4) is 5.88 Å². The lowest BCUT2D eigenvalue weighted by Crippen LogP contribution is -2.38. The van der Waals surface area contributed by atoms with Crippen molar-refractivity contribution >= 4 is 27.2 Å². The quantitative estimate of drug-likeness (QED) is 0.509. The van der Waals surface area contributed by atoms with Gasteiger partial charge in [0.25, 0.3) is 0 Å². The molecule has 3 aromatic rings. The number of nitrogens with zero attached hydrogens (tertiary/aromatic N) is 4. The van der Waals surface area contributed by atoms with Crippen LogP contribution in [-0.4, -0.2) is 73.6 Å². The number of sulfone groups is 1. The molecule has 0 saturated carbocycles. The third-order valence-corrected chi connectivity index (χ3v) is 7.50. The summed E-state index contributed by atoms with van der Waals surface area (Å²) in [7, 11) is -3.78. The van der Waals surface area contributed by atoms with Gasteiger partial charge in [-0.05, 0) is 25.3 Å². The van der Waals surface area contributed by atoms with Crippen molar-refractivity contribution in [1.29, 1.82) is 0 Å². The highest BCUT2D eigenvalue weighted by Crippen LogP contribution is 2.33. The smallest absolute Gasteiger partial charge is 0.218 e. The molecule has 30 heavy (non-hydrogen) atoms. The maximum absolute atomic E-state index is 13.4. The minimum Gasteiger partial charge on any atom is -0.476 e. The minimum absolute atomic E-state index is 0.114. The standard InChI is InChI=1S/C20H24N4O4S2/c1-15-14-17(28-13-10-23-8-11-27-12-9-23)24-19(21-15)18(20(22-24)29-2)30(25,26)16-6-4-3-5-7-16/h3-7,14H,8-13H2,1-2H3. The van der Waals surface area contributed by atoms with Gasteiger partial charge in [-0.1, -0.05) is 18.2 Å². The first-order valence-electron chi connectivity index (χ1n) is 9.68. The highest BCUT2D eigenvalue weighted by molar-refractivity contribution is 7.99. The Morgan fingerprint density at radius 1 is 1.20 bits per heavy atom. The molecule has 1 fully saturated rings. The van der Waals surface area contributed by atoms with E-state index in [1.54, 1.807) is 42.7 Å². The molecule has 0 unspecified atom stereocenters. The van der Waals surface area contributed by atoms with Gasteiger partial charge in [0, 0.05) is 31.4 Å². The van der Waals surface area contributed by atoms with E-state index in [4.69, 9.17) is 9.47 Å². The predicted octanol–water partition coefficient (Wildman–Crippen LogP) is 2.30. The molecule has 0 atom stereocenters. The van der Waals surface area contributed by atoms with Gasteiger partial charge in [0.2, 0.25) is 15.7 Å². The van der Waals surface area contributed by atoms with E-state index in [1.807, 2.05) is 6.92 Å². The Bertz CT molecular complexity index is 1130. The molecule has 1 aliphatic rings. The van der Waals surface area contributed by atoms with Crippen molar-refractivity contribution in [2.45, 2.75) is 21.7 Å². The SMILES string of the molecule is CSc1nn2c(OCCN3CCOCC3)cc(C)nc2c1S(=O)(=O)c1ccccc1. The average Bonchev–Trinajstić information content (AvgIpc) is 3.14. The van der Waals surface area contributed by atoms with Crippen LogP contribution < -0.4 is 4.74 Å². The summed E-state index contributed by atoms with van der Waals surface area (Å²) >= 11 is 1.28. The minimum atomic E-state index is -3.78. The lowest BCUT2D eigenvalue weighted by Gasteiger charge is -2.26. The van der Waals surface area contributed by atoms with Gasteiger partial charge in [-0.3, -0.25) is 4.90 Å². The van der Waals surface area contributed by atoms with E-state index < -0.39 is 9.84 Å². The van der Waals surface area contributed by atoms with Crippen LogP contribution in [0, 0.1) is 6.92 Å². The molecule has 10 heteroatoms. The zero-order valence-electron chi connectivity index (χ0n) is 16.9. The number of ether oxygens (including phenoxy) is 2. The second kappa shape index (κ2) is 8.93. The van der Waals surface area contributed by atoms with Crippen LogP contribution in [-0.2, 0) is 14.6 Å². The van der Waals surface area contributed by atoms with Crippen molar-refractivity contribution in [3.63, 3.8) is 0 Å². The number of hydrogen-bond donors (Lipinski definition) is 0. The van der Waals surface area contributed by atoms with Gasteiger partial charge in [-0.25, -0.2) is 13.4 Å². The fourth-order valence-corrected chi connectivity index (χ4v) is 5.77. The van der Waals surface area contributed by atoms with Gasteiger partial charge in [0.15, 0.2) is 10.5 Å². The summed E-state index contributed by atoms with van der Waals surface area (Å²) in [6.07, 6.45) is 1.80. The molecule has 0 amide bonds. The first-order chi connectivity index (χ1) is 14.5. The molecule has 2 aromatic heterocycles. The Kier molecular flexibility index (Phi) is 6.28. The zero-order valence-corrected chi connectivity index (χ0v) is 18.6. The van der Waals surface area contributed by atoms with Crippen LogP contribution in [0.4, 0.5) is 0 Å². The van der Waals surface area contributed by atoms with Crippen LogP contribution in [0.25, 0.3) is 5.65 Å². The molecule has 1 aliphatic heterocycles. The van der Waals surface area contributed by atoms with E-state index in [9.17, 15) is 8.42 Å². The van der Waals surface area contributed by atoms with Crippen molar-refractivity contribution in [2.24, 2.45) is 0 Å². The topological polar surface area (TPSA) is 86.0 Å². The zero-order chi connectivity index (χ0) is 21.1. The van der Waals surface area contributed by atoms with E-state index in [0.29, 0.717) is 23.2 Å². The third-order valence-electron chi connectivity index (χ3n) is 4.89. The van der Waals surface area contributed by atoms with Gasteiger partial charge in [0.1, 0.15) is 11.6 Å². The lowest BCUT2D eigenvalue weighted by atomic mass is 10.4. The summed E-state index contributed by atoms with van der Waals surface area (Å²) in [5, 5.41) is 4.91. The van der Waals surface area contributed by atoms with Crippen LogP contribution in [0.2, 0.25) is 0 Å². The first kappa shape index (κ1) is 21.1. The van der Waals surface area contributed by atoms with Gasteiger partial charge in [-0.2, -0.15) is 9.61 Å². The fraction of sp³-hybridized carbons (Fsp3) is 0.400. The van der Waals surface area contributed by atoms with Crippen LogP contribution in [0.5, 0.6) is 5.88 Å². The van der Waals surface area contributed by atoms with Crippen molar-refractivity contribution in [1.82, 2.24) is 19.5 Å². The predicted molar refractivity (Wildman–Crippen MR) is 114 cm³/mol. The number of aromatic nitrogens is 3. The molecule has 0 spiro atoms. The molecule has 4 rings (SSSR count). The first-order valence-corrected chi connectivity index (χ1v) is 12.4. The van der Waals surface area contributed by atoms with E-state index in [1.165, 1.54) is 16.3 Å². The monoisotopic (exact) mass is 448 g/mol. The Morgan fingerprint density at radius 3 is 2.63 bits per heavy atom. The molecule has 3 heterocycles. The van der Waals surface area contributed by atoms with Crippen LogP contribution in [0.15, 0.2) is 51.2 Å². The van der Waals surface area contributed by atoms with Gasteiger partial charge >= 0.3 is 0 Å². The van der Waals surface area contributed by atoms with E-state index in [-0.39, 0.29) is 15.4 Å². The Hall–Kier alpha value is -2.14. The Morgan fingerprint density at radius 2 is 1.93 bits per heavy atom. The largest absolute Gasteiger partial charge is 0.476 e. The number of hydrogen-bond acceptors (Lipinski definition) is 8. The number of aryl methyl sites for hydroxylation is 1. The molecule has 1 saturated heterocycles. The molecule has 8 nitrogen and oxygen atoms in total. The normalized spacial score (nSPS) is 15.5. The highest BCUT2D eigenvalue weighted by atomic mass is 32.2. The number of fused-ring (bicyclic) bond motifs is 1. The molecular formula is C20H24N4O4S2. The van der Waals surface area contributed by atoms with Crippen molar-refractivity contribution < 1.29 is 17.9 Å². The van der Waals surface area contributed by atoms with Crippen molar-refractivity contribution in [2.75, 3.05) is 45.7 Å². The molecular weight excluding hydrogens is 424 g/mol. The van der Waals surface area contributed by atoms with Crippen molar-refractivity contribution in [3.05, 3.63) is 42.1 Å². The average molecular weight is 449 g/mol. The molecule has 0 aliphatic carbocycles. The maximum atomic E-state index is 13.4. The Labute approximate surface area is 180 Å². The van der Waals surface area contributed by atoms with Gasteiger partial charge in [0.05, 0.1) is 18.1 Å². The summed E-state index contributed by atoms with van der Waals surface area (Å²) in [6.45, 7) is 6.27. The number of benzene rings is 1. The van der Waals surface area contributed by atoms with Crippen LogP contribution in [0.3, 0.4) is 0 Å². The molecule has 1 aromatic carbocycles. The van der Waals surface area contributed by atoms with E-state index in [0.717, 1.165) is 32.8 Å². The second-order valence-electron chi connectivity index (χ2n) is 6.93. The second-order valence-corrected chi connectivity index (χ2v) is 9.61. The van der Waals surface area contributed by atoms with Crippen LogP contribution >= 0.6 is 11.8 Å². The summed E-state index contributed by atoms with van der Waals surface area (Å²) in [6, 6.07) is 10.1. The fourth-order valence-electron chi connectivity index (χ4n) is 3.36. The highest BCUT2D eigenvalue weighted by Gasteiger charge is 2.29. The van der Waals surface area contributed by atoms with E-state index in [2.05, 4.69) is 15.0 Å². The summed E-state index contributed by atoms with van der Waals surface area (Å²) < 4.78 is 39.6. The number of rotatable bonds is 7. The third kappa shape index (κ3) is 4.18. The summed E-state index contributed by atoms with van der Waals surface area (Å²) in [4.78, 5) is 7.10. The molecule has 0 bridgehead atoms.